The number of rotatable bonds is 4. The van der Waals surface area contributed by atoms with Crippen molar-refractivity contribution in [2.24, 2.45) is 0 Å². The lowest BCUT2D eigenvalue weighted by molar-refractivity contribution is 1.10. The Balaban J connectivity index is 3.98. The van der Waals surface area contributed by atoms with Crippen molar-refractivity contribution in [2.75, 3.05) is 0 Å². The summed E-state index contributed by atoms with van der Waals surface area (Å²) in [6.45, 7) is 7.82. The van der Waals surface area contributed by atoms with Crippen molar-refractivity contribution in [1.29, 1.82) is 0 Å². The summed E-state index contributed by atoms with van der Waals surface area (Å²) in [5, 5.41) is 0.841. The monoisotopic (exact) mass is 170 g/mol. The van der Waals surface area contributed by atoms with Crippen LogP contribution in [0, 0.1) is 0 Å². The molecular formula is C10H15Cl. The molecule has 11 heavy (non-hydrogen) atoms. The first-order valence-corrected chi connectivity index (χ1v) is 4.21. The van der Waals surface area contributed by atoms with E-state index in [0.29, 0.717) is 0 Å². The molecule has 0 radical (unpaired) electrons. The second kappa shape index (κ2) is 6.23. The Bertz CT molecular complexity index is 175. The standard InChI is InChI=1S/C10H15Cl/c1-4-6-10(11)8-7-9(3)5-2/h4,7-8H,1,5-6H2,2-3H3/b9-7+,10-8+. The Kier molecular flexibility index (Phi) is 5.96. The normalized spacial score (nSPS) is 13.4. The second-order valence-electron chi connectivity index (χ2n) is 2.47. The topological polar surface area (TPSA) is 0 Å². The van der Waals surface area contributed by atoms with E-state index in [2.05, 4.69) is 20.4 Å². The van der Waals surface area contributed by atoms with Crippen LogP contribution in [0.4, 0.5) is 0 Å². The minimum absolute atomic E-state index is 0.759. The minimum atomic E-state index is 0.759. The number of hydrogen-bond donors (Lipinski definition) is 0. The van der Waals surface area contributed by atoms with Crippen LogP contribution < -0.4 is 0 Å². The van der Waals surface area contributed by atoms with E-state index in [1.165, 1.54) is 5.57 Å². The zero-order valence-electron chi connectivity index (χ0n) is 7.23. The van der Waals surface area contributed by atoms with Gasteiger partial charge in [0.05, 0.1) is 0 Å². The lowest BCUT2D eigenvalue weighted by atomic mass is 10.2. The van der Waals surface area contributed by atoms with Gasteiger partial charge < -0.3 is 0 Å². The Morgan fingerprint density at radius 2 is 2.09 bits per heavy atom. The molecule has 0 heterocycles. The molecular weight excluding hydrogens is 156 g/mol. The van der Waals surface area contributed by atoms with Crippen LogP contribution in [-0.2, 0) is 0 Å². The highest BCUT2D eigenvalue weighted by atomic mass is 35.5. The summed E-state index contributed by atoms with van der Waals surface area (Å²) in [5.41, 5.74) is 1.34. The molecule has 0 aliphatic rings. The Morgan fingerprint density at radius 3 is 2.55 bits per heavy atom. The third-order valence-electron chi connectivity index (χ3n) is 1.45. The van der Waals surface area contributed by atoms with Crippen LogP contribution in [0.5, 0.6) is 0 Å². The zero-order valence-corrected chi connectivity index (χ0v) is 7.99. The summed E-state index contributed by atoms with van der Waals surface area (Å²) >= 11 is 5.83. The SMILES string of the molecule is C=CC/C(Cl)=C\C=C(/C)CC. The van der Waals surface area contributed by atoms with Crippen LogP contribution in [0.1, 0.15) is 26.7 Å². The Hall–Kier alpha value is -0.490. The second-order valence-corrected chi connectivity index (χ2v) is 2.96. The molecule has 0 amide bonds. The first-order chi connectivity index (χ1) is 5.20. The quantitative estimate of drug-likeness (QED) is 0.441. The molecule has 0 unspecified atom stereocenters. The van der Waals surface area contributed by atoms with E-state index in [1.807, 2.05) is 12.2 Å². The van der Waals surface area contributed by atoms with Gasteiger partial charge >= 0.3 is 0 Å². The smallest absolute Gasteiger partial charge is 0.0218 e. The molecule has 1 heteroatoms. The predicted molar refractivity (Wildman–Crippen MR) is 52.8 cm³/mol. The average molecular weight is 171 g/mol. The fraction of sp³-hybridized carbons (Fsp3) is 0.400. The molecule has 0 aliphatic carbocycles. The van der Waals surface area contributed by atoms with Gasteiger partial charge in [-0.3, -0.25) is 0 Å². The molecule has 0 fully saturated rings. The van der Waals surface area contributed by atoms with E-state index in [-0.39, 0.29) is 0 Å². The van der Waals surface area contributed by atoms with Crippen molar-refractivity contribution >= 4 is 11.6 Å². The summed E-state index contributed by atoms with van der Waals surface area (Å²) < 4.78 is 0. The summed E-state index contributed by atoms with van der Waals surface area (Å²) in [5.74, 6) is 0. The van der Waals surface area contributed by atoms with Crippen LogP contribution in [-0.4, -0.2) is 0 Å². The largest absolute Gasteiger partial charge is 0.103 e. The van der Waals surface area contributed by atoms with Gasteiger partial charge in [-0.25, -0.2) is 0 Å². The number of allylic oxidation sites excluding steroid dienone is 5. The molecule has 0 aromatic carbocycles. The average Bonchev–Trinajstić information content (AvgIpc) is 2.01. The number of hydrogen-bond acceptors (Lipinski definition) is 0. The third kappa shape index (κ3) is 5.93. The molecule has 0 saturated heterocycles. The van der Waals surface area contributed by atoms with Gasteiger partial charge in [-0.15, -0.1) is 6.58 Å². The van der Waals surface area contributed by atoms with E-state index in [9.17, 15) is 0 Å². The lowest BCUT2D eigenvalue weighted by Crippen LogP contribution is -1.70. The van der Waals surface area contributed by atoms with E-state index in [4.69, 9.17) is 11.6 Å². The first-order valence-electron chi connectivity index (χ1n) is 3.83. The van der Waals surface area contributed by atoms with E-state index < -0.39 is 0 Å². The molecule has 0 bridgehead atoms. The summed E-state index contributed by atoms with van der Waals surface area (Å²) in [4.78, 5) is 0. The highest BCUT2D eigenvalue weighted by Gasteiger charge is 1.85. The predicted octanol–water partition coefficient (Wildman–Crippen LogP) is 4.04. The maximum atomic E-state index is 5.83. The van der Waals surface area contributed by atoms with Crippen molar-refractivity contribution in [1.82, 2.24) is 0 Å². The highest BCUT2D eigenvalue weighted by Crippen LogP contribution is 2.09. The van der Waals surface area contributed by atoms with Gasteiger partial charge in [-0.1, -0.05) is 36.2 Å². The molecule has 0 aromatic rings. The van der Waals surface area contributed by atoms with Gasteiger partial charge in [0.2, 0.25) is 0 Å². The van der Waals surface area contributed by atoms with Gasteiger partial charge in [0, 0.05) is 11.5 Å². The van der Waals surface area contributed by atoms with Crippen molar-refractivity contribution < 1.29 is 0 Å². The van der Waals surface area contributed by atoms with Crippen LogP contribution in [0.3, 0.4) is 0 Å². The molecule has 0 aliphatic heterocycles. The van der Waals surface area contributed by atoms with Crippen molar-refractivity contribution in [3.8, 4) is 0 Å². The van der Waals surface area contributed by atoms with Crippen LogP contribution in [0.2, 0.25) is 0 Å². The molecule has 0 N–H and O–H groups in total. The van der Waals surface area contributed by atoms with E-state index in [0.717, 1.165) is 17.9 Å². The molecule has 0 aromatic heterocycles. The van der Waals surface area contributed by atoms with Gasteiger partial charge in [-0.05, 0) is 19.4 Å². The van der Waals surface area contributed by atoms with Gasteiger partial charge in [0.15, 0.2) is 0 Å². The fourth-order valence-corrected chi connectivity index (χ4v) is 0.729. The summed E-state index contributed by atoms with van der Waals surface area (Å²) in [7, 11) is 0. The molecule has 62 valence electrons. The fourth-order valence-electron chi connectivity index (χ4n) is 0.556. The molecule has 0 nitrogen and oxygen atoms in total. The van der Waals surface area contributed by atoms with E-state index in [1.54, 1.807) is 6.08 Å². The third-order valence-corrected chi connectivity index (χ3v) is 1.73. The lowest BCUT2D eigenvalue weighted by Gasteiger charge is -1.91. The molecule has 0 spiro atoms. The maximum absolute atomic E-state index is 5.83. The van der Waals surface area contributed by atoms with Crippen LogP contribution in [0.25, 0.3) is 0 Å². The Labute approximate surface area is 74.3 Å². The highest BCUT2D eigenvalue weighted by molar-refractivity contribution is 6.29. The first kappa shape index (κ1) is 10.5. The minimum Gasteiger partial charge on any atom is -0.103 e. The van der Waals surface area contributed by atoms with E-state index >= 15 is 0 Å². The molecule has 0 atom stereocenters. The van der Waals surface area contributed by atoms with Crippen molar-refractivity contribution in [2.45, 2.75) is 26.7 Å². The van der Waals surface area contributed by atoms with Crippen molar-refractivity contribution in [3.05, 3.63) is 35.4 Å². The molecule has 0 saturated carbocycles. The zero-order chi connectivity index (χ0) is 8.69. The molecule has 0 rings (SSSR count). The van der Waals surface area contributed by atoms with Gasteiger partial charge in [-0.2, -0.15) is 0 Å². The van der Waals surface area contributed by atoms with Crippen LogP contribution >= 0.6 is 11.6 Å². The summed E-state index contributed by atoms with van der Waals surface area (Å²) in [6, 6.07) is 0. The van der Waals surface area contributed by atoms with Crippen LogP contribution in [0.15, 0.2) is 35.4 Å². The van der Waals surface area contributed by atoms with Gasteiger partial charge in [0.25, 0.3) is 0 Å². The summed E-state index contributed by atoms with van der Waals surface area (Å²) in [6.07, 6.45) is 7.62. The maximum Gasteiger partial charge on any atom is 0.0218 e. The Morgan fingerprint density at radius 1 is 1.45 bits per heavy atom. The van der Waals surface area contributed by atoms with Crippen molar-refractivity contribution in [3.63, 3.8) is 0 Å². The van der Waals surface area contributed by atoms with Gasteiger partial charge in [0.1, 0.15) is 0 Å². The number of halogens is 1.